The fraction of sp³-hybridized carbons (Fsp3) is 0.280. The van der Waals surface area contributed by atoms with Gasteiger partial charge >= 0.3 is 12.1 Å². The summed E-state index contributed by atoms with van der Waals surface area (Å²) in [7, 11) is 0. The number of hydrogen-bond donors (Lipinski definition) is 1. The number of rotatable bonds is 4. The predicted octanol–water partition coefficient (Wildman–Crippen LogP) is 6.76. The first-order chi connectivity index (χ1) is 14.8. The highest BCUT2D eigenvalue weighted by molar-refractivity contribution is 6.03. The Labute approximate surface area is 184 Å². The minimum absolute atomic E-state index is 0.0573. The molecule has 0 unspecified atom stereocenters. The van der Waals surface area contributed by atoms with Crippen molar-refractivity contribution in [1.82, 2.24) is 0 Å². The van der Waals surface area contributed by atoms with E-state index in [-0.39, 0.29) is 12.4 Å². The summed E-state index contributed by atoms with van der Waals surface area (Å²) in [5, 5.41) is 9.90. The van der Waals surface area contributed by atoms with Gasteiger partial charge in [0.2, 0.25) is 0 Å². The number of Topliss-reactive ketones (excluding diaryl/α,β-unsaturated/α-hetero) is 1. The molecule has 0 aromatic heterocycles. The van der Waals surface area contributed by atoms with Crippen LogP contribution in [-0.4, -0.2) is 16.9 Å². The Morgan fingerprint density at radius 1 is 0.938 bits per heavy atom. The minimum atomic E-state index is -4.40. The van der Waals surface area contributed by atoms with Crippen molar-refractivity contribution < 1.29 is 32.6 Å². The number of hydrogen-bond acceptors (Lipinski definition) is 3. The molecule has 170 valence electrons. The minimum Gasteiger partial charge on any atom is -0.487 e. The summed E-state index contributed by atoms with van der Waals surface area (Å²) in [6, 6.07) is 15.9. The first kappa shape index (κ1) is 24.9. The fourth-order valence-corrected chi connectivity index (χ4v) is 2.67. The summed E-state index contributed by atoms with van der Waals surface area (Å²) in [5.41, 5.74) is -0.513. The highest BCUT2D eigenvalue weighted by Gasteiger charge is 2.30. The second-order valence-corrected chi connectivity index (χ2v) is 8.26. The van der Waals surface area contributed by atoms with Crippen LogP contribution in [0.2, 0.25) is 0 Å². The lowest BCUT2D eigenvalue weighted by atomic mass is 9.98. The number of ketones is 1. The van der Waals surface area contributed by atoms with E-state index < -0.39 is 23.1 Å². The number of halogens is 3. The van der Waals surface area contributed by atoms with Crippen molar-refractivity contribution in [3.05, 3.63) is 77.4 Å². The molecule has 0 fully saturated rings. The normalized spacial score (nSPS) is 11.5. The van der Waals surface area contributed by atoms with E-state index >= 15 is 0 Å². The van der Waals surface area contributed by atoms with Crippen LogP contribution in [0, 0.1) is 5.41 Å². The molecule has 0 atom stereocenters. The molecule has 0 aliphatic rings. The van der Waals surface area contributed by atoms with Crippen LogP contribution in [0.3, 0.4) is 0 Å². The van der Waals surface area contributed by atoms with E-state index in [0.717, 1.165) is 22.9 Å². The van der Waals surface area contributed by atoms with Crippen molar-refractivity contribution >= 4 is 22.5 Å². The van der Waals surface area contributed by atoms with Gasteiger partial charge in [0.05, 0.1) is 16.5 Å². The lowest BCUT2D eigenvalue weighted by Gasteiger charge is -2.14. The highest BCUT2D eigenvalue weighted by atomic mass is 19.4. The molecule has 0 saturated carbocycles. The molecule has 0 spiro atoms. The van der Waals surface area contributed by atoms with Crippen molar-refractivity contribution in [2.75, 3.05) is 0 Å². The number of ether oxygens (including phenoxy) is 1. The maximum Gasteiger partial charge on any atom is 0.416 e. The maximum absolute atomic E-state index is 12.8. The second kappa shape index (κ2) is 9.85. The van der Waals surface area contributed by atoms with E-state index in [2.05, 4.69) is 0 Å². The van der Waals surface area contributed by atoms with Crippen LogP contribution in [0.25, 0.3) is 10.8 Å². The summed E-state index contributed by atoms with van der Waals surface area (Å²) >= 11 is 0. The van der Waals surface area contributed by atoms with Gasteiger partial charge in [0.25, 0.3) is 0 Å². The number of carboxylic acids is 1. The van der Waals surface area contributed by atoms with Crippen LogP contribution < -0.4 is 4.74 Å². The topological polar surface area (TPSA) is 63.6 Å². The number of carboxylic acid groups (broad SMARTS) is 1. The molecule has 0 amide bonds. The van der Waals surface area contributed by atoms with Crippen LogP contribution in [0.5, 0.6) is 5.75 Å². The van der Waals surface area contributed by atoms with Gasteiger partial charge in [0.1, 0.15) is 12.4 Å². The maximum atomic E-state index is 12.8. The van der Waals surface area contributed by atoms with Gasteiger partial charge in [-0.3, -0.25) is 9.59 Å². The number of aliphatic carboxylic acids is 1. The van der Waals surface area contributed by atoms with Gasteiger partial charge < -0.3 is 9.84 Å². The third-order valence-electron chi connectivity index (χ3n) is 4.54. The number of alkyl halides is 3. The molecule has 0 heterocycles. The summed E-state index contributed by atoms with van der Waals surface area (Å²) in [5.74, 6) is -0.527. The van der Waals surface area contributed by atoms with E-state index in [1.54, 1.807) is 32.9 Å². The number of carbonyl (C=O) groups excluding carboxylic acids is 1. The first-order valence-electron chi connectivity index (χ1n) is 9.85. The molecule has 0 bridgehead atoms. The van der Waals surface area contributed by atoms with Crippen molar-refractivity contribution in [2.24, 2.45) is 5.41 Å². The summed E-state index contributed by atoms with van der Waals surface area (Å²) in [6.07, 6.45) is -4.40. The van der Waals surface area contributed by atoms with E-state index in [0.29, 0.717) is 16.9 Å². The van der Waals surface area contributed by atoms with Crippen LogP contribution >= 0.6 is 0 Å². The highest BCUT2D eigenvalue weighted by Crippen LogP contribution is 2.32. The van der Waals surface area contributed by atoms with Crippen molar-refractivity contribution in [3.63, 3.8) is 0 Å². The molecular formula is C25H25F3O4. The molecule has 3 rings (SSSR count). The smallest absolute Gasteiger partial charge is 0.416 e. The SMILES string of the molecule is CC(=O)c1ccc2ccccc2c1OCc1cccc(C(F)(F)F)c1.CC(C)(C)C(=O)O. The Kier molecular flexibility index (Phi) is 7.67. The van der Waals surface area contributed by atoms with Gasteiger partial charge in [-0.05, 0) is 56.8 Å². The Morgan fingerprint density at radius 3 is 2.12 bits per heavy atom. The predicted molar refractivity (Wildman–Crippen MR) is 117 cm³/mol. The molecule has 3 aromatic carbocycles. The first-order valence-corrected chi connectivity index (χ1v) is 9.85. The van der Waals surface area contributed by atoms with Gasteiger partial charge in [0.15, 0.2) is 5.78 Å². The Morgan fingerprint density at radius 2 is 1.56 bits per heavy atom. The summed E-state index contributed by atoms with van der Waals surface area (Å²) in [6.45, 7) is 6.36. The number of fused-ring (bicyclic) bond motifs is 1. The van der Waals surface area contributed by atoms with E-state index in [1.807, 2.05) is 30.3 Å². The molecule has 0 aliphatic carbocycles. The second-order valence-electron chi connectivity index (χ2n) is 8.26. The summed E-state index contributed by atoms with van der Waals surface area (Å²) in [4.78, 5) is 21.9. The molecule has 32 heavy (non-hydrogen) atoms. The molecule has 4 nitrogen and oxygen atoms in total. The average molecular weight is 446 g/mol. The van der Waals surface area contributed by atoms with Crippen LogP contribution in [-0.2, 0) is 17.6 Å². The van der Waals surface area contributed by atoms with Crippen LogP contribution in [0.4, 0.5) is 13.2 Å². The van der Waals surface area contributed by atoms with E-state index in [9.17, 15) is 22.8 Å². The standard InChI is InChI=1S/C20H15F3O2.C5H10O2/c1-13(24)17-10-9-15-6-2-3-8-18(15)19(17)25-12-14-5-4-7-16(11-14)20(21,22)23;1-5(2,3)4(6)7/h2-11H,12H2,1H3;1-3H3,(H,6,7). The zero-order valence-corrected chi connectivity index (χ0v) is 18.3. The molecule has 0 aliphatic heterocycles. The fourth-order valence-electron chi connectivity index (χ4n) is 2.67. The van der Waals surface area contributed by atoms with Crippen molar-refractivity contribution in [3.8, 4) is 5.75 Å². The lowest BCUT2D eigenvalue weighted by molar-refractivity contribution is -0.145. The molecule has 1 N–H and O–H groups in total. The lowest BCUT2D eigenvalue weighted by Crippen LogP contribution is -2.18. The quantitative estimate of drug-likeness (QED) is 0.450. The average Bonchev–Trinajstić information content (AvgIpc) is 2.71. The van der Waals surface area contributed by atoms with E-state index in [4.69, 9.17) is 9.84 Å². The van der Waals surface area contributed by atoms with Crippen molar-refractivity contribution in [2.45, 2.75) is 40.5 Å². The Balaban J connectivity index is 0.000000451. The molecular weight excluding hydrogens is 421 g/mol. The molecule has 0 saturated heterocycles. The van der Waals surface area contributed by atoms with Gasteiger partial charge in [0, 0.05) is 5.39 Å². The monoisotopic (exact) mass is 446 g/mol. The third kappa shape index (κ3) is 6.57. The van der Waals surface area contributed by atoms with Crippen molar-refractivity contribution in [1.29, 1.82) is 0 Å². The Hall–Kier alpha value is -3.35. The largest absolute Gasteiger partial charge is 0.487 e. The van der Waals surface area contributed by atoms with Gasteiger partial charge in [-0.15, -0.1) is 0 Å². The van der Waals surface area contributed by atoms with E-state index in [1.165, 1.54) is 13.0 Å². The van der Waals surface area contributed by atoms with Gasteiger partial charge in [-0.2, -0.15) is 13.2 Å². The molecule has 0 radical (unpaired) electrons. The summed E-state index contributed by atoms with van der Waals surface area (Å²) < 4.78 is 44.2. The van der Waals surface area contributed by atoms with Gasteiger partial charge in [-0.25, -0.2) is 0 Å². The third-order valence-corrected chi connectivity index (χ3v) is 4.54. The molecule has 7 heteroatoms. The van der Waals surface area contributed by atoms with Crippen LogP contribution in [0.15, 0.2) is 60.7 Å². The Bertz CT molecular complexity index is 1110. The molecule has 3 aromatic rings. The zero-order valence-electron chi connectivity index (χ0n) is 18.3. The van der Waals surface area contributed by atoms with Crippen LogP contribution in [0.1, 0.15) is 49.2 Å². The van der Waals surface area contributed by atoms with Gasteiger partial charge in [-0.1, -0.05) is 42.5 Å². The number of benzene rings is 3. The number of carbonyl (C=O) groups is 2. The zero-order chi connectivity index (χ0) is 24.1.